The van der Waals surface area contributed by atoms with Crippen molar-refractivity contribution in [2.24, 2.45) is 5.92 Å². The third-order valence-corrected chi connectivity index (χ3v) is 5.29. The van der Waals surface area contributed by atoms with Gasteiger partial charge in [-0.25, -0.2) is 4.98 Å². The molecule has 4 nitrogen and oxygen atoms in total. The van der Waals surface area contributed by atoms with Gasteiger partial charge in [-0.3, -0.25) is 0 Å². The van der Waals surface area contributed by atoms with E-state index >= 15 is 0 Å². The van der Waals surface area contributed by atoms with Crippen LogP contribution < -0.4 is 5.32 Å². The van der Waals surface area contributed by atoms with Crippen LogP contribution in [0.15, 0.2) is 5.38 Å². The van der Waals surface area contributed by atoms with Gasteiger partial charge in [0.1, 0.15) is 0 Å². The van der Waals surface area contributed by atoms with E-state index in [-0.39, 0.29) is 6.10 Å². The van der Waals surface area contributed by atoms with Gasteiger partial charge < -0.3 is 15.3 Å². The topological polar surface area (TPSA) is 48.4 Å². The number of rotatable bonds is 7. The molecule has 2 N–H and O–H groups in total. The van der Waals surface area contributed by atoms with Crippen LogP contribution >= 0.6 is 11.3 Å². The molecule has 0 radical (unpaired) electrons. The van der Waals surface area contributed by atoms with Gasteiger partial charge in [0.05, 0.1) is 16.8 Å². The quantitative estimate of drug-likeness (QED) is 0.812. The summed E-state index contributed by atoms with van der Waals surface area (Å²) in [6.45, 7) is 11.1. The van der Waals surface area contributed by atoms with E-state index in [1.165, 1.54) is 17.8 Å². The van der Waals surface area contributed by atoms with E-state index in [1.807, 2.05) is 0 Å². The predicted octanol–water partition coefficient (Wildman–Crippen LogP) is 2.45. The minimum atomic E-state index is -0.290. The van der Waals surface area contributed by atoms with Crippen molar-refractivity contribution in [2.75, 3.05) is 26.2 Å². The number of hydrogen-bond donors (Lipinski definition) is 2. The minimum absolute atomic E-state index is 0.290. The van der Waals surface area contributed by atoms with Crippen LogP contribution in [0.2, 0.25) is 0 Å². The molecule has 120 valence electrons. The highest BCUT2D eigenvalue weighted by atomic mass is 32.1. The fourth-order valence-electron chi connectivity index (χ4n) is 2.64. The molecule has 2 rings (SSSR count). The molecule has 1 atom stereocenters. The number of aromatic nitrogens is 1. The van der Waals surface area contributed by atoms with E-state index < -0.39 is 0 Å². The Balaban J connectivity index is 1.63. The fraction of sp³-hybridized carbons (Fsp3) is 0.812. The second kappa shape index (κ2) is 8.22. The number of hydrogen-bond acceptors (Lipinski definition) is 5. The number of aliphatic hydroxyl groups excluding tert-OH is 1. The highest BCUT2D eigenvalue weighted by molar-refractivity contribution is 7.09. The summed E-state index contributed by atoms with van der Waals surface area (Å²) in [6, 6.07) is 0. The first-order chi connectivity index (χ1) is 10.0. The molecule has 1 aliphatic rings. The van der Waals surface area contributed by atoms with Gasteiger partial charge in [-0.1, -0.05) is 20.8 Å². The van der Waals surface area contributed by atoms with Gasteiger partial charge >= 0.3 is 0 Å². The molecule has 0 saturated carbocycles. The number of nitrogens with zero attached hydrogens (tertiary/aromatic N) is 2. The Bertz CT molecular complexity index is 413. The number of thiazole rings is 1. The Morgan fingerprint density at radius 3 is 2.76 bits per heavy atom. The minimum Gasteiger partial charge on any atom is -0.390 e. The standard InChI is InChI=1S/C16H29N3OS/c1-12(2)16-18-14(11-21-16)8-17-9-15(20)10-19-6-4-13(3)5-7-19/h11-13,15,17,20H,4-10H2,1-3H3. The van der Waals surface area contributed by atoms with Crippen molar-refractivity contribution in [3.8, 4) is 0 Å². The molecule has 1 fully saturated rings. The van der Waals surface area contributed by atoms with Crippen LogP contribution in [-0.2, 0) is 6.54 Å². The Morgan fingerprint density at radius 1 is 1.43 bits per heavy atom. The van der Waals surface area contributed by atoms with Crippen LogP contribution in [0.3, 0.4) is 0 Å². The lowest BCUT2D eigenvalue weighted by atomic mass is 9.99. The number of β-amino-alcohol motifs (C(OH)–C–C–N with tert-alkyl or cyclic N) is 1. The Hall–Kier alpha value is -0.490. The highest BCUT2D eigenvalue weighted by Gasteiger charge is 2.18. The first kappa shape index (κ1) is 16.9. The molecular formula is C16H29N3OS. The molecule has 21 heavy (non-hydrogen) atoms. The summed E-state index contributed by atoms with van der Waals surface area (Å²) >= 11 is 1.72. The molecule has 1 unspecified atom stereocenters. The number of likely N-dealkylation sites (tertiary alicyclic amines) is 1. The average Bonchev–Trinajstić information content (AvgIpc) is 2.90. The molecule has 1 aromatic rings. The Kier molecular flexibility index (Phi) is 6.61. The van der Waals surface area contributed by atoms with Crippen molar-refractivity contribution in [2.45, 2.75) is 52.2 Å². The van der Waals surface area contributed by atoms with Gasteiger partial charge in [0.15, 0.2) is 0 Å². The van der Waals surface area contributed by atoms with Crippen LogP contribution in [0.1, 0.15) is 50.2 Å². The second-order valence-electron chi connectivity index (χ2n) is 6.60. The lowest BCUT2D eigenvalue weighted by Gasteiger charge is -2.31. The average molecular weight is 311 g/mol. The normalized spacial score (nSPS) is 19.3. The summed E-state index contributed by atoms with van der Waals surface area (Å²) in [5.74, 6) is 1.34. The maximum atomic E-state index is 10.1. The van der Waals surface area contributed by atoms with Gasteiger partial charge in [-0.05, 0) is 31.8 Å². The van der Waals surface area contributed by atoms with Crippen molar-refractivity contribution in [3.05, 3.63) is 16.1 Å². The molecule has 0 aliphatic carbocycles. The molecule has 0 bridgehead atoms. The van der Waals surface area contributed by atoms with Gasteiger partial charge in [0.2, 0.25) is 0 Å². The summed E-state index contributed by atoms with van der Waals surface area (Å²) in [6.07, 6.45) is 2.23. The van der Waals surface area contributed by atoms with E-state index in [0.717, 1.165) is 37.8 Å². The maximum Gasteiger partial charge on any atom is 0.0954 e. The zero-order chi connectivity index (χ0) is 15.2. The third kappa shape index (κ3) is 5.66. The molecular weight excluding hydrogens is 282 g/mol. The smallest absolute Gasteiger partial charge is 0.0954 e. The van der Waals surface area contributed by atoms with Gasteiger partial charge in [-0.2, -0.15) is 0 Å². The number of aliphatic hydroxyl groups is 1. The number of piperidine rings is 1. The summed E-state index contributed by atoms with van der Waals surface area (Å²) in [7, 11) is 0. The predicted molar refractivity (Wildman–Crippen MR) is 88.8 cm³/mol. The van der Waals surface area contributed by atoms with Crippen LogP contribution in [0.4, 0.5) is 0 Å². The van der Waals surface area contributed by atoms with Crippen LogP contribution in [0.5, 0.6) is 0 Å². The van der Waals surface area contributed by atoms with E-state index in [4.69, 9.17) is 0 Å². The molecule has 0 amide bonds. The van der Waals surface area contributed by atoms with Crippen LogP contribution in [0.25, 0.3) is 0 Å². The lowest BCUT2D eigenvalue weighted by Crippen LogP contribution is -2.41. The third-order valence-electron chi connectivity index (χ3n) is 4.09. The zero-order valence-electron chi connectivity index (χ0n) is 13.5. The van der Waals surface area contributed by atoms with Gasteiger partial charge in [0, 0.05) is 30.9 Å². The zero-order valence-corrected chi connectivity index (χ0v) is 14.3. The van der Waals surface area contributed by atoms with E-state index in [1.54, 1.807) is 11.3 Å². The lowest BCUT2D eigenvalue weighted by molar-refractivity contribution is 0.0906. The summed E-state index contributed by atoms with van der Waals surface area (Å²) in [4.78, 5) is 6.98. The summed E-state index contributed by atoms with van der Waals surface area (Å²) in [5, 5.41) is 16.7. The Morgan fingerprint density at radius 2 is 2.14 bits per heavy atom. The van der Waals surface area contributed by atoms with E-state index in [2.05, 4.69) is 41.4 Å². The molecule has 1 aromatic heterocycles. The molecule has 2 heterocycles. The molecule has 1 aliphatic heterocycles. The van der Waals surface area contributed by atoms with Crippen LogP contribution in [0, 0.1) is 5.92 Å². The van der Waals surface area contributed by atoms with E-state index in [9.17, 15) is 5.11 Å². The van der Waals surface area contributed by atoms with Crippen molar-refractivity contribution < 1.29 is 5.11 Å². The summed E-state index contributed by atoms with van der Waals surface area (Å²) in [5.41, 5.74) is 1.09. The first-order valence-electron chi connectivity index (χ1n) is 8.10. The summed E-state index contributed by atoms with van der Waals surface area (Å²) < 4.78 is 0. The van der Waals surface area contributed by atoms with Crippen molar-refractivity contribution in [3.63, 3.8) is 0 Å². The highest BCUT2D eigenvalue weighted by Crippen LogP contribution is 2.19. The molecule has 0 spiro atoms. The first-order valence-corrected chi connectivity index (χ1v) is 8.98. The van der Waals surface area contributed by atoms with Crippen molar-refractivity contribution in [1.82, 2.24) is 15.2 Å². The SMILES string of the molecule is CC1CCN(CC(O)CNCc2csc(C(C)C)n2)CC1. The fourth-order valence-corrected chi connectivity index (χ4v) is 3.48. The molecule has 5 heteroatoms. The van der Waals surface area contributed by atoms with Crippen molar-refractivity contribution in [1.29, 1.82) is 0 Å². The van der Waals surface area contributed by atoms with Crippen molar-refractivity contribution >= 4 is 11.3 Å². The Labute approximate surface area is 132 Å². The maximum absolute atomic E-state index is 10.1. The molecule has 0 aromatic carbocycles. The molecule has 1 saturated heterocycles. The van der Waals surface area contributed by atoms with Gasteiger partial charge in [0.25, 0.3) is 0 Å². The largest absolute Gasteiger partial charge is 0.390 e. The van der Waals surface area contributed by atoms with Gasteiger partial charge in [-0.15, -0.1) is 11.3 Å². The van der Waals surface area contributed by atoms with Crippen LogP contribution in [-0.4, -0.2) is 47.3 Å². The van der Waals surface area contributed by atoms with E-state index in [0.29, 0.717) is 12.5 Å². The number of nitrogens with one attached hydrogen (secondary N) is 1. The second-order valence-corrected chi connectivity index (χ2v) is 7.49. The monoisotopic (exact) mass is 311 g/mol.